The molecule has 0 unspecified atom stereocenters. The van der Waals surface area contributed by atoms with Gasteiger partial charge in [0.05, 0.1) is 0 Å². The highest BCUT2D eigenvalue weighted by atomic mass is 16.7. The van der Waals surface area contributed by atoms with Crippen molar-refractivity contribution in [2.24, 2.45) is 5.73 Å². The second-order valence-corrected chi connectivity index (χ2v) is 6.65. The standard InChI is InChI=1S/C10H23N3O.C7H9NO4.C3H6O2/c1-3-10(14)12-7-5-9-13(2)8-4-6-11;1-2-7(11)12-8-5(9)3-4-6(8)10;1-2-3(4)5/h3-9,11H2,1-2H3,(H,12,14);2-4H2,1H3;2H2,1H3,(H,4,5). The number of carboxylic acid groups (broad SMARTS) is 1. The number of amides is 3. The van der Waals surface area contributed by atoms with Crippen LogP contribution in [0.15, 0.2) is 0 Å². The summed E-state index contributed by atoms with van der Waals surface area (Å²) in [5.41, 5.74) is 5.41. The van der Waals surface area contributed by atoms with Gasteiger partial charge < -0.3 is 25.9 Å². The fourth-order valence-corrected chi connectivity index (χ4v) is 2.00. The van der Waals surface area contributed by atoms with Gasteiger partial charge in [-0.05, 0) is 39.5 Å². The van der Waals surface area contributed by atoms with Crippen molar-refractivity contribution in [3.63, 3.8) is 0 Å². The average molecular weight is 447 g/mol. The van der Waals surface area contributed by atoms with E-state index >= 15 is 0 Å². The Balaban J connectivity index is 0. The Morgan fingerprint density at radius 1 is 1.03 bits per heavy atom. The summed E-state index contributed by atoms with van der Waals surface area (Å²) in [5, 5.41) is 11.1. The number of hydroxylamine groups is 2. The molecular formula is C20H38N4O7. The molecule has 11 nitrogen and oxygen atoms in total. The highest BCUT2D eigenvalue weighted by molar-refractivity contribution is 6.01. The molecule has 0 aromatic heterocycles. The van der Waals surface area contributed by atoms with Crippen molar-refractivity contribution in [1.82, 2.24) is 15.3 Å². The lowest BCUT2D eigenvalue weighted by Crippen LogP contribution is -2.31. The van der Waals surface area contributed by atoms with Crippen LogP contribution in [0.1, 0.15) is 65.7 Å². The molecule has 1 fully saturated rings. The van der Waals surface area contributed by atoms with Gasteiger partial charge in [-0.25, -0.2) is 4.79 Å². The lowest BCUT2D eigenvalue weighted by Gasteiger charge is -2.15. The van der Waals surface area contributed by atoms with Gasteiger partial charge in [0.15, 0.2) is 0 Å². The van der Waals surface area contributed by atoms with Gasteiger partial charge in [-0.1, -0.05) is 20.8 Å². The van der Waals surface area contributed by atoms with Gasteiger partial charge in [0.1, 0.15) is 0 Å². The summed E-state index contributed by atoms with van der Waals surface area (Å²) < 4.78 is 0. The molecule has 0 spiro atoms. The molecule has 0 aliphatic carbocycles. The van der Waals surface area contributed by atoms with Crippen molar-refractivity contribution in [3.8, 4) is 0 Å². The number of nitrogens with one attached hydrogen (secondary N) is 1. The molecular weight excluding hydrogens is 408 g/mol. The quantitative estimate of drug-likeness (QED) is 0.306. The Labute approximate surface area is 184 Å². The number of nitrogens with zero attached hydrogens (tertiary/aromatic N) is 2. The maximum atomic E-state index is 10.9. The van der Waals surface area contributed by atoms with Crippen LogP contribution in [-0.2, 0) is 28.8 Å². The van der Waals surface area contributed by atoms with Crippen LogP contribution in [0.5, 0.6) is 0 Å². The first-order valence-corrected chi connectivity index (χ1v) is 10.6. The number of carbonyl (C=O) groups excluding carboxylic acids is 4. The molecule has 0 radical (unpaired) electrons. The van der Waals surface area contributed by atoms with Gasteiger partial charge in [0, 0.05) is 38.6 Å². The van der Waals surface area contributed by atoms with E-state index in [4.69, 9.17) is 10.8 Å². The van der Waals surface area contributed by atoms with E-state index in [1.54, 1.807) is 13.8 Å². The van der Waals surface area contributed by atoms with Crippen LogP contribution in [0.25, 0.3) is 0 Å². The highest BCUT2D eigenvalue weighted by Gasteiger charge is 2.32. The van der Waals surface area contributed by atoms with Gasteiger partial charge >= 0.3 is 11.9 Å². The summed E-state index contributed by atoms with van der Waals surface area (Å²) in [6, 6.07) is 0. The zero-order valence-electron chi connectivity index (χ0n) is 19.1. The van der Waals surface area contributed by atoms with Crippen molar-refractivity contribution in [1.29, 1.82) is 0 Å². The molecule has 31 heavy (non-hydrogen) atoms. The molecule has 3 amide bonds. The van der Waals surface area contributed by atoms with Crippen LogP contribution >= 0.6 is 0 Å². The van der Waals surface area contributed by atoms with Crippen LogP contribution in [0.3, 0.4) is 0 Å². The van der Waals surface area contributed by atoms with Crippen LogP contribution in [0.2, 0.25) is 0 Å². The molecule has 0 bridgehead atoms. The zero-order valence-corrected chi connectivity index (χ0v) is 19.1. The number of hydrogen-bond donors (Lipinski definition) is 3. The second-order valence-electron chi connectivity index (χ2n) is 6.65. The fourth-order valence-electron chi connectivity index (χ4n) is 2.00. The van der Waals surface area contributed by atoms with Gasteiger partial charge in [-0.3, -0.25) is 19.2 Å². The molecule has 0 aromatic carbocycles. The summed E-state index contributed by atoms with van der Waals surface area (Å²) in [4.78, 5) is 59.4. The number of nitrogens with two attached hydrogens (primary N) is 1. The van der Waals surface area contributed by atoms with Crippen molar-refractivity contribution in [2.45, 2.75) is 65.7 Å². The van der Waals surface area contributed by atoms with Crippen molar-refractivity contribution in [3.05, 3.63) is 0 Å². The van der Waals surface area contributed by atoms with E-state index in [-0.39, 0.29) is 31.6 Å². The summed E-state index contributed by atoms with van der Waals surface area (Å²) in [5.74, 6) is -2.07. The van der Waals surface area contributed by atoms with E-state index in [1.165, 1.54) is 0 Å². The lowest BCUT2D eigenvalue weighted by atomic mass is 10.3. The number of carbonyl (C=O) groups is 5. The molecule has 180 valence electrons. The van der Waals surface area contributed by atoms with Gasteiger partial charge in [-0.2, -0.15) is 0 Å². The van der Waals surface area contributed by atoms with E-state index < -0.39 is 23.8 Å². The summed E-state index contributed by atoms with van der Waals surface area (Å²) >= 11 is 0. The highest BCUT2D eigenvalue weighted by Crippen LogP contribution is 2.12. The van der Waals surface area contributed by atoms with Crippen LogP contribution in [-0.4, -0.2) is 78.0 Å². The Hall–Kier alpha value is -2.53. The second kappa shape index (κ2) is 19.4. The van der Waals surface area contributed by atoms with E-state index in [0.29, 0.717) is 11.5 Å². The maximum absolute atomic E-state index is 10.9. The first-order chi connectivity index (χ1) is 14.6. The first kappa shape index (κ1) is 30.7. The Morgan fingerprint density at radius 3 is 1.97 bits per heavy atom. The minimum Gasteiger partial charge on any atom is -0.481 e. The number of rotatable bonds is 11. The summed E-state index contributed by atoms with van der Waals surface area (Å²) in [7, 11) is 2.08. The number of imide groups is 1. The minimum atomic E-state index is -0.745. The molecule has 0 atom stereocenters. The Morgan fingerprint density at radius 2 is 1.55 bits per heavy atom. The molecule has 1 rings (SSSR count). The molecule has 1 saturated heterocycles. The van der Waals surface area contributed by atoms with Crippen LogP contribution < -0.4 is 11.1 Å². The zero-order chi connectivity index (χ0) is 24.2. The third-order valence-corrected chi connectivity index (χ3v) is 3.89. The molecule has 0 saturated carbocycles. The number of hydrogen-bond acceptors (Lipinski definition) is 8. The average Bonchev–Trinajstić information content (AvgIpc) is 3.07. The largest absolute Gasteiger partial charge is 0.481 e. The van der Waals surface area contributed by atoms with E-state index in [1.807, 2.05) is 6.92 Å². The van der Waals surface area contributed by atoms with Crippen LogP contribution in [0, 0.1) is 0 Å². The summed E-state index contributed by atoms with van der Waals surface area (Å²) in [6.07, 6.45) is 3.26. The molecule has 1 aliphatic rings. The number of carboxylic acids is 1. The van der Waals surface area contributed by atoms with E-state index in [0.717, 1.165) is 39.0 Å². The predicted molar refractivity (Wildman–Crippen MR) is 114 cm³/mol. The van der Waals surface area contributed by atoms with Gasteiger partial charge in [0.25, 0.3) is 11.8 Å². The van der Waals surface area contributed by atoms with Crippen LogP contribution in [0.4, 0.5) is 0 Å². The SMILES string of the molecule is CCC(=O)NCCCN(C)CCCN.CCC(=O)O.CCC(=O)ON1C(=O)CCC1=O. The monoisotopic (exact) mass is 446 g/mol. The van der Waals surface area contributed by atoms with E-state index in [9.17, 15) is 24.0 Å². The lowest BCUT2D eigenvalue weighted by molar-refractivity contribution is -0.197. The summed E-state index contributed by atoms with van der Waals surface area (Å²) in [6.45, 7) is 8.64. The molecule has 4 N–H and O–H groups in total. The Kier molecular flexibility index (Phi) is 19.2. The third kappa shape index (κ3) is 18.0. The minimum absolute atomic E-state index is 0.134. The molecule has 1 aliphatic heterocycles. The third-order valence-electron chi connectivity index (χ3n) is 3.89. The van der Waals surface area contributed by atoms with Crippen molar-refractivity contribution in [2.75, 3.05) is 33.2 Å². The van der Waals surface area contributed by atoms with Gasteiger partial charge in [-0.15, -0.1) is 5.06 Å². The maximum Gasteiger partial charge on any atom is 0.332 e. The molecule has 11 heteroatoms. The first-order valence-electron chi connectivity index (χ1n) is 10.6. The Bertz CT molecular complexity index is 554. The van der Waals surface area contributed by atoms with Crippen molar-refractivity contribution < 1.29 is 33.9 Å². The fraction of sp³-hybridized carbons (Fsp3) is 0.750. The topological polar surface area (TPSA) is 159 Å². The predicted octanol–water partition coefficient (Wildman–Crippen LogP) is 0.668. The van der Waals surface area contributed by atoms with Crippen molar-refractivity contribution >= 4 is 29.7 Å². The van der Waals surface area contributed by atoms with E-state index in [2.05, 4.69) is 22.1 Å². The molecule has 0 aromatic rings. The normalized spacial score (nSPS) is 12.5. The smallest absolute Gasteiger partial charge is 0.332 e. The number of aliphatic carboxylic acids is 1. The van der Waals surface area contributed by atoms with Gasteiger partial charge in [0.2, 0.25) is 5.91 Å². The molecule has 1 heterocycles.